The largest absolute Gasteiger partial charge is 0.465 e. The second-order valence-corrected chi connectivity index (χ2v) is 4.94. The van der Waals surface area contributed by atoms with Gasteiger partial charge in [-0.3, -0.25) is 9.59 Å². The number of carbonyl (C=O) groups is 3. The molecule has 0 aliphatic carbocycles. The number of amides is 1. The second kappa shape index (κ2) is 7.11. The Hall–Kier alpha value is -1.59. The molecule has 0 saturated carbocycles. The fraction of sp³-hybridized carbons (Fsp3) is 0.769. The molecule has 6 heteroatoms. The summed E-state index contributed by atoms with van der Waals surface area (Å²) in [6.07, 6.45) is -0.309. The Morgan fingerprint density at radius 2 is 2.05 bits per heavy atom. The molecule has 0 spiro atoms. The van der Waals surface area contributed by atoms with Crippen LogP contribution in [0.3, 0.4) is 0 Å². The Kier molecular flexibility index (Phi) is 5.79. The van der Waals surface area contributed by atoms with E-state index >= 15 is 0 Å². The van der Waals surface area contributed by atoms with Crippen LogP contribution in [-0.4, -0.2) is 49.0 Å². The Balaban J connectivity index is 2.56. The lowest BCUT2D eigenvalue weighted by Gasteiger charge is -2.30. The van der Waals surface area contributed by atoms with E-state index in [0.29, 0.717) is 13.2 Å². The first-order valence-corrected chi connectivity index (χ1v) is 6.56. The summed E-state index contributed by atoms with van der Waals surface area (Å²) < 4.78 is 9.93. The molecule has 1 saturated heterocycles. The van der Waals surface area contributed by atoms with Gasteiger partial charge in [-0.1, -0.05) is 13.8 Å². The predicted octanol–water partition coefficient (Wildman–Crippen LogP) is 1.23. The standard InChI is InChI=1S/C13H21NO5/c1-4-18-12(16)10-7-14(6-5-11(10)15)13(17)19-8-9(2)3/h9-10H,4-8H2,1-3H3. The third-order valence-electron chi connectivity index (χ3n) is 2.79. The van der Waals surface area contributed by atoms with Crippen LogP contribution in [0.1, 0.15) is 27.2 Å². The van der Waals surface area contributed by atoms with Gasteiger partial charge in [0.25, 0.3) is 0 Å². The number of ether oxygens (including phenoxy) is 2. The van der Waals surface area contributed by atoms with Crippen molar-refractivity contribution in [1.82, 2.24) is 4.90 Å². The lowest BCUT2D eigenvalue weighted by atomic mass is 9.97. The summed E-state index contributed by atoms with van der Waals surface area (Å²) in [5.74, 6) is -1.36. The number of ketones is 1. The first-order chi connectivity index (χ1) is 8.95. The number of Topliss-reactive ketones (excluding diaryl/α,β-unsaturated/α-hetero) is 1. The zero-order chi connectivity index (χ0) is 14.4. The quantitative estimate of drug-likeness (QED) is 0.568. The van der Waals surface area contributed by atoms with Gasteiger partial charge >= 0.3 is 12.1 Å². The number of esters is 1. The molecule has 108 valence electrons. The number of likely N-dealkylation sites (tertiary alicyclic amines) is 1. The van der Waals surface area contributed by atoms with Crippen molar-refractivity contribution in [2.45, 2.75) is 27.2 Å². The van der Waals surface area contributed by atoms with Crippen molar-refractivity contribution < 1.29 is 23.9 Å². The van der Waals surface area contributed by atoms with E-state index in [2.05, 4.69) is 0 Å². The van der Waals surface area contributed by atoms with Crippen LogP contribution in [0.15, 0.2) is 0 Å². The van der Waals surface area contributed by atoms with E-state index in [9.17, 15) is 14.4 Å². The molecule has 1 fully saturated rings. The van der Waals surface area contributed by atoms with Crippen LogP contribution < -0.4 is 0 Å². The molecule has 0 aromatic rings. The van der Waals surface area contributed by atoms with Crippen molar-refractivity contribution in [3.63, 3.8) is 0 Å². The molecule has 0 radical (unpaired) electrons. The van der Waals surface area contributed by atoms with Crippen molar-refractivity contribution in [1.29, 1.82) is 0 Å². The summed E-state index contributed by atoms with van der Waals surface area (Å²) in [6, 6.07) is 0. The molecular formula is C13H21NO5. The van der Waals surface area contributed by atoms with E-state index in [1.54, 1.807) is 6.92 Å². The van der Waals surface area contributed by atoms with E-state index in [1.807, 2.05) is 13.8 Å². The highest BCUT2D eigenvalue weighted by Gasteiger charge is 2.36. The van der Waals surface area contributed by atoms with E-state index in [0.717, 1.165) is 0 Å². The van der Waals surface area contributed by atoms with Crippen molar-refractivity contribution in [3.05, 3.63) is 0 Å². The first-order valence-electron chi connectivity index (χ1n) is 6.56. The number of rotatable bonds is 4. The smallest absolute Gasteiger partial charge is 0.409 e. The number of hydrogen-bond acceptors (Lipinski definition) is 5. The van der Waals surface area contributed by atoms with Gasteiger partial charge in [0.1, 0.15) is 5.92 Å². The van der Waals surface area contributed by atoms with Crippen LogP contribution in [0.4, 0.5) is 4.79 Å². The summed E-state index contributed by atoms with van der Waals surface area (Å²) in [4.78, 5) is 36.5. The SMILES string of the molecule is CCOC(=O)C1CN(C(=O)OCC(C)C)CCC1=O. The van der Waals surface area contributed by atoms with Gasteiger partial charge in [0.15, 0.2) is 5.78 Å². The normalized spacial score (nSPS) is 19.5. The predicted molar refractivity (Wildman–Crippen MR) is 67.5 cm³/mol. The van der Waals surface area contributed by atoms with Crippen LogP contribution in [-0.2, 0) is 19.1 Å². The summed E-state index contributed by atoms with van der Waals surface area (Å²) in [6.45, 7) is 6.46. The zero-order valence-electron chi connectivity index (χ0n) is 11.7. The van der Waals surface area contributed by atoms with E-state index in [-0.39, 0.29) is 31.3 Å². The lowest BCUT2D eigenvalue weighted by Crippen LogP contribution is -2.47. The van der Waals surface area contributed by atoms with Gasteiger partial charge in [0.2, 0.25) is 0 Å². The Labute approximate surface area is 113 Å². The van der Waals surface area contributed by atoms with Crippen molar-refractivity contribution >= 4 is 17.8 Å². The minimum absolute atomic E-state index is 0.0502. The van der Waals surface area contributed by atoms with Crippen molar-refractivity contribution in [2.75, 3.05) is 26.3 Å². The molecule has 0 N–H and O–H groups in total. The van der Waals surface area contributed by atoms with Gasteiger partial charge in [-0.2, -0.15) is 0 Å². The molecule has 1 aliphatic rings. The minimum Gasteiger partial charge on any atom is -0.465 e. The van der Waals surface area contributed by atoms with Gasteiger partial charge in [-0.15, -0.1) is 0 Å². The van der Waals surface area contributed by atoms with Gasteiger partial charge in [0.05, 0.1) is 13.2 Å². The van der Waals surface area contributed by atoms with Crippen LogP contribution in [0.5, 0.6) is 0 Å². The molecule has 19 heavy (non-hydrogen) atoms. The molecule has 1 aliphatic heterocycles. The number of hydrogen-bond donors (Lipinski definition) is 0. The van der Waals surface area contributed by atoms with Crippen molar-refractivity contribution in [3.8, 4) is 0 Å². The van der Waals surface area contributed by atoms with E-state index < -0.39 is 18.0 Å². The average Bonchev–Trinajstić information content (AvgIpc) is 2.36. The second-order valence-electron chi connectivity index (χ2n) is 4.94. The highest BCUT2D eigenvalue weighted by Crippen LogP contribution is 2.16. The highest BCUT2D eigenvalue weighted by atomic mass is 16.6. The molecule has 0 aromatic heterocycles. The van der Waals surface area contributed by atoms with Gasteiger partial charge in [-0.25, -0.2) is 4.79 Å². The maximum Gasteiger partial charge on any atom is 0.409 e. The topological polar surface area (TPSA) is 72.9 Å². The highest BCUT2D eigenvalue weighted by molar-refractivity contribution is 6.00. The fourth-order valence-corrected chi connectivity index (χ4v) is 1.78. The van der Waals surface area contributed by atoms with E-state index in [4.69, 9.17) is 9.47 Å². The Morgan fingerprint density at radius 3 is 2.63 bits per heavy atom. The molecule has 1 unspecified atom stereocenters. The molecule has 6 nitrogen and oxygen atoms in total. The summed E-state index contributed by atoms with van der Waals surface area (Å²) >= 11 is 0. The molecule has 1 atom stereocenters. The minimum atomic E-state index is -0.875. The third-order valence-corrected chi connectivity index (χ3v) is 2.79. The average molecular weight is 271 g/mol. The summed E-state index contributed by atoms with van der Waals surface area (Å²) in [5.41, 5.74) is 0. The Bertz CT molecular complexity index is 353. The summed E-state index contributed by atoms with van der Waals surface area (Å²) in [5, 5.41) is 0. The van der Waals surface area contributed by atoms with Crippen LogP contribution >= 0.6 is 0 Å². The van der Waals surface area contributed by atoms with E-state index in [1.165, 1.54) is 4.90 Å². The number of piperidine rings is 1. The third kappa shape index (κ3) is 4.54. The van der Waals surface area contributed by atoms with Gasteiger partial charge in [-0.05, 0) is 12.8 Å². The Morgan fingerprint density at radius 1 is 1.37 bits per heavy atom. The van der Waals surface area contributed by atoms with Crippen LogP contribution in [0, 0.1) is 11.8 Å². The molecule has 1 amide bonds. The monoisotopic (exact) mass is 271 g/mol. The maximum atomic E-state index is 11.8. The zero-order valence-corrected chi connectivity index (χ0v) is 11.7. The molecule has 0 aromatic carbocycles. The van der Waals surface area contributed by atoms with Gasteiger partial charge in [0, 0.05) is 19.5 Å². The van der Waals surface area contributed by atoms with Gasteiger partial charge < -0.3 is 14.4 Å². The number of carbonyl (C=O) groups excluding carboxylic acids is 3. The van der Waals surface area contributed by atoms with Crippen LogP contribution in [0.2, 0.25) is 0 Å². The summed E-state index contributed by atoms with van der Waals surface area (Å²) in [7, 11) is 0. The number of nitrogens with zero attached hydrogens (tertiary/aromatic N) is 1. The molecule has 1 rings (SSSR count). The maximum absolute atomic E-state index is 11.8. The van der Waals surface area contributed by atoms with Crippen LogP contribution in [0.25, 0.3) is 0 Å². The fourth-order valence-electron chi connectivity index (χ4n) is 1.78. The first kappa shape index (κ1) is 15.5. The molecular weight excluding hydrogens is 250 g/mol. The van der Waals surface area contributed by atoms with Crippen molar-refractivity contribution in [2.24, 2.45) is 11.8 Å². The molecule has 1 heterocycles. The lowest BCUT2D eigenvalue weighted by molar-refractivity contribution is -0.153. The molecule has 0 bridgehead atoms.